The van der Waals surface area contributed by atoms with Crippen molar-refractivity contribution in [1.82, 2.24) is 4.90 Å². The Morgan fingerprint density at radius 3 is 2.63 bits per heavy atom. The SMILES string of the molecule is CCCC[C@@H](C)CC(=O)N1C(=O)OC[C@@H]1C(C)(C)C. The number of nitrogens with zero attached hydrogens (tertiary/aromatic N) is 1. The Morgan fingerprint density at radius 1 is 1.47 bits per heavy atom. The molecule has 4 nitrogen and oxygen atoms in total. The first-order valence-corrected chi connectivity index (χ1v) is 7.26. The van der Waals surface area contributed by atoms with Crippen LogP contribution in [0.3, 0.4) is 0 Å². The number of unbranched alkanes of at least 4 members (excludes halogenated alkanes) is 1. The Balaban J connectivity index is 2.65. The van der Waals surface area contributed by atoms with Crippen molar-refractivity contribution < 1.29 is 14.3 Å². The molecule has 2 amide bonds. The second kappa shape index (κ2) is 6.40. The minimum atomic E-state index is -0.479. The zero-order valence-electron chi connectivity index (χ0n) is 12.9. The van der Waals surface area contributed by atoms with E-state index in [0.29, 0.717) is 18.9 Å². The van der Waals surface area contributed by atoms with Crippen molar-refractivity contribution in [3.63, 3.8) is 0 Å². The predicted molar refractivity (Wildman–Crippen MR) is 74.7 cm³/mol. The molecule has 1 fully saturated rings. The van der Waals surface area contributed by atoms with Crippen molar-refractivity contribution in [2.45, 2.75) is 66.3 Å². The molecule has 0 spiro atoms. The molecule has 0 aromatic heterocycles. The van der Waals surface area contributed by atoms with Gasteiger partial charge >= 0.3 is 6.09 Å². The van der Waals surface area contributed by atoms with Crippen molar-refractivity contribution >= 4 is 12.0 Å². The number of ether oxygens (including phenoxy) is 1. The van der Waals surface area contributed by atoms with Crippen LogP contribution in [0.1, 0.15) is 60.3 Å². The van der Waals surface area contributed by atoms with Gasteiger partial charge in [0.1, 0.15) is 6.61 Å². The normalized spacial score (nSPS) is 21.4. The summed E-state index contributed by atoms with van der Waals surface area (Å²) in [6.07, 6.45) is 3.25. The monoisotopic (exact) mass is 269 g/mol. The van der Waals surface area contributed by atoms with E-state index in [1.807, 2.05) is 20.8 Å². The number of imide groups is 1. The van der Waals surface area contributed by atoms with E-state index in [0.717, 1.165) is 19.3 Å². The van der Waals surface area contributed by atoms with Crippen molar-refractivity contribution in [2.75, 3.05) is 6.61 Å². The maximum absolute atomic E-state index is 12.3. The highest BCUT2D eigenvalue weighted by Crippen LogP contribution is 2.30. The molecule has 0 saturated carbocycles. The molecule has 0 aliphatic carbocycles. The van der Waals surface area contributed by atoms with Crippen LogP contribution in [0.25, 0.3) is 0 Å². The van der Waals surface area contributed by atoms with Crippen LogP contribution in [0.5, 0.6) is 0 Å². The van der Waals surface area contributed by atoms with Crippen LogP contribution in [0, 0.1) is 11.3 Å². The quantitative estimate of drug-likeness (QED) is 0.766. The highest BCUT2D eigenvalue weighted by molar-refractivity contribution is 5.93. The summed E-state index contributed by atoms with van der Waals surface area (Å²) < 4.78 is 5.05. The van der Waals surface area contributed by atoms with Gasteiger partial charge in [0.05, 0.1) is 6.04 Å². The van der Waals surface area contributed by atoms with E-state index < -0.39 is 6.09 Å². The van der Waals surface area contributed by atoms with Gasteiger partial charge in [0.25, 0.3) is 0 Å². The largest absolute Gasteiger partial charge is 0.447 e. The molecule has 2 atom stereocenters. The van der Waals surface area contributed by atoms with E-state index in [9.17, 15) is 9.59 Å². The summed E-state index contributed by atoms with van der Waals surface area (Å²) in [4.78, 5) is 25.4. The van der Waals surface area contributed by atoms with Crippen LogP contribution in [-0.4, -0.2) is 29.5 Å². The summed E-state index contributed by atoms with van der Waals surface area (Å²) in [5.74, 6) is 0.229. The molecule has 0 aromatic rings. The average Bonchev–Trinajstić information content (AvgIpc) is 2.68. The molecule has 0 bridgehead atoms. The summed E-state index contributed by atoms with van der Waals surface area (Å²) in [5, 5.41) is 0. The van der Waals surface area contributed by atoms with Gasteiger partial charge in [-0.3, -0.25) is 4.79 Å². The molecule has 1 aliphatic heterocycles. The van der Waals surface area contributed by atoms with Crippen LogP contribution < -0.4 is 0 Å². The molecular formula is C15H27NO3. The van der Waals surface area contributed by atoms with E-state index in [-0.39, 0.29) is 17.4 Å². The molecule has 0 N–H and O–H groups in total. The van der Waals surface area contributed by atoms with Crippen molar-refractivity contribution in [1.29, 1.82) is 0 Å². The number of carbonyl (C=O) groups excluding carboxylic acids is 2. The highest BCUT2D eigenvalue weighted by atomic mass is 16.6. The Hall–Kier alpha value is -1.06. The molecular weight excluding hydrogens is 242 g/mol. The smallest absolute Gasteiger partial charge is 0.416 e. The second-order valence-corrected chi connectivity index (χ2v) is 6.67. The molecule has 19 heavy (non-hydrogen) atoms. The number of hydrogen-bond donors (Lipinski definition) is 0. The van der Waals surface area contributed by atoms with E-state index >= 15 is 0 Å². The summed E-state index contributed by atoms with van der Waals surface area (Å²) in [7, 11) is 0. The van der Waals surface area contributed by atoms with Gasteiger partial charge in [-0.2, -0.15) is 0 Å². The fourth-order valence-corrected chi connectivity index (χ4v) is 2.39. The Labute approximate surface area is 116 Å². The summed E-state index contributed by atoms with van der Waals surface area (Å²) in [5.41, 5.74) is -0.144. The van der Waals surface area contributed by atoms with Gasteiger partial charge in [0.2, 0.25) is 5.91 Å². The molecule has 4 heteroatoms. The van der Waals surface area contributed by atoms with Gasteiger partial charge in [0, 0.05) is 6.42 Å². The summed E-state index contributed by atoms with van der Waals surface area (Å²) in [6.45, 7) is 10.6. The van der Waals surface area contributed by atoms with Gasteiger partial charge in [-0.05, 0) is 11.3 Å². The third kappa shape index (κ3) is 4.22. The van der Waals surface area contributed by atoms with E-state index in [1.54, 1.807) is 0 Å². The summed E-state index contributed by atoms with van der Waals surface area (Å²) in [6, 6.07) is -0.147. The first-order chi connectivity index (χ1) is 8.77. The lowest BCUT2D eigenvalue weighted by molar-refractivity contribution is -0.131. The maximum atomic E-state index is 12.3. The number of hydrogen-bond acceptors (Lipinski definition) is 3. The minimum absolute atomic E-state index is 0.0916. The first-order valence-electron chi connectivity index (χ1n) is 7.26. The standard InChI is InChI=1S/C15H27NO3/c1-6-7-8-11(2)9-13(17)16-12(15(3,4)5)10-19-14(16)18/h11-12H,6-10H2,1-5H3/t11-,12-/m1/s1. The number of carbonyl (C=O) groups is 2. The topological polar surface area (TPSA) is 46.6 Å². The lowest BCUT2D eigenvalue weighted by atomic mass is 9.86. The van der Waals surface area contributed by atoms with E-state index in [2.05, 4.69) is 13.8 Å². The Morgan fingerprint density at radius 2 is 2.11 bits per heavy atom. The third-order valence-electron chi connectivity index (χ3n) is 3.71. The fraction of sp³-hybridized carbons (Fsp3) is 0.867. The molecule has 1 heterocycles. The molecule has 0 unspecified atom stereocenters. The van der Waals surface area contributed by atoms with Gasteiger partial charge < -0.3 is 4.74 Å². The molecule has 1 rings (SSSR count). The van der Waals surface area contributed by atoms with Crippen LogP contribution in [0.2, 0.25) is 0 Å². The van der Waals surface area contributed by atoms with E-state index in [1.165, 1.54) is 4.90 Å². The van der Waals surface area contributed by atoms with Crippen LogP contribution in [0.4, 0.5) is 4.79 Å². The lowest BCUT2D eigenvalue weighted by Crippen LogP contribution is -2.46. The minimum Gasteiger partial charge on any atom is -0.447 e. The van der Waals surface area contributed by atoms with Gasteiger partial charge in [-0.25, -0.2) is 9.69 Å². The highest BCUT2D eigenvalue weighted by Gasteiger charge is 2.44. The Kier molecular flexibility index (Phi) is 5.39. The van der Waals surface area contributed by atoms with Gasteiger partial charge in [-0.15, -0.1) is 0 Å². The molecule has 1 aliphatic rings. The van der Waals surface area contributed by atoms with Crippen molar-refractivity contribution in [2.24, 2.45) is 11.3 Å². The first kappa shape index (κ1) is 16.0. The van der Waals surface area contributed by atoms with Crippen LogP contribution >= 0.6 is 0 Å². The summed E-state index contributed by atoms with van der Waals surface area (Å²) >= 11 is 0. The molecule has 0 radical (unpaired) electrons. The van der Waals surface area contributed by atoms with Crippen molar-refractivity contribution in [3.8, 4) is 0 Å². The number of cyclic esters (lactones) is 1. The predicted octanol–water partition coefficient (Wildman–Crippen LogP) is 3.60. The number of amides is 2. The molecule has 110 valence electrons. The fourth-order valence-electron chi connectivity index (χ4n) is 2.39. The van der Waals surface area contributed by atoms with Gasteiger partial charge in [0.15, 0.2) is 0 Å². The maximum Gasteiger partial charge on any atom is 0.416 e. The second-order valence-electron chi connectivity index (χ2n) is 6.67. The van der Waals surface area contributed by atoms with E-state index in [4.69, 9.17) is 4.74 Å². The third-order valence-corrected chi connectivity index (χ3v) is 3.71. The molecule has 0 aromatic carbocycles. The zero-order valence-corrected chi connectivity index (χ0v) is 12.9. The van der Waals surface area contributed by atoms with Gasteiger partial charge in [-0.1, -0.05) is 53.9 Å². The lowest BCUT2D eigenvalue weighted by Gasteiger charge is -2.31. The molecule has 1 saturated heterocycles. The van der Waals surface area contributed by atoms with Crippen LogP contribution in [-0.2, 0) is 9.53 Å². The average molecular weight is 269 g/mol. The zero-order chi connectivity index (χ0) is 14.6. The van der Waals surface area contributed by atoms with Crippen LogP contribution in [0.15, 0.2) is 0 Å². The Bertz CT molecular complexity index is 333. The van der Waals surface area contributed by atoms with Crippen molar-refractivity contribution in [3.05, 3.63) is 0 Å². The number of rotatable bonds is 5.